The number of aliphatic carboxylic acids is 1. The van der Waals surface area contributed by atoms with Crippen LogP contribution < -0.4 is 5.32 Å². The Hall–Kier alpha value is -1.85. The zero-order valence-electron chi connectivity index (χ0n) is 12.6. The molecule has 112 valence electrons. The summed E-state index contributed by atoms with van der Waals surface area (Å²) in [4.78, 5) is 22.5. The van der Waals surface area contributed by atoms with Gasteiger partial charge >= 0.3 is 5.97 Å². The van der Waals surface area contributed by atoms with Crippen molar-refractivity contribution >= 4 is 11.9 Å². The maximum absolute atomic E-state index is 12.0. The highest BCUT2D eigenvalue weighted by Gasteiger charge is 2.20. The van der Waals surface area contributed by atoms with E-state index in [1.807, 2.05) is 13.8 Å². The Morgan fingerprint density at radius 1 is 1.40 bits per heavy atom. The second kappa shape index (κ2) is 6.54. The fraction of sp³-hybridized carbons (Fsp3) is 0.643. The van der Waals surface area contributed by atoms with Crippen LogP contribution in [0.4, 0.5) is 0 Å². The average molecular weight is 281 g/mol. The number of hydrogen-bond donors (Lipinski definition) is 2. The van der Waals surface area contributed by atoms with Crippen molar-refractivity contribution < 1.29 is 14.7 Å². The van der Waals surface area contributed by atoms with E-state index in [4.69, 9.17) is 5.11 Å². The normalized spacial score (nSPS) is 11.4. The molecule has 0 atom stereocenters. The number of nitrogens with one attached hydrogen (secondary N) is 1. The molecule has 0 aliphatic rings. The maximum atomic E-state index is 12.0. The van der Waals surface area contributed by atoms with Gasteiger partial charge in [-0.25, -0.2) is 0 Å². The lowest BCUT2D eigenvalue weighted by atomic mass is 9.84. The highest BCUT2D eigenvalue weighted by Crippen LogP contribution is 2.26. The number of aryl methyl sites for hydroxylation is 2. The zero-order valence-corrected chi connectivity index (χ0v) is 12.6. The Balaban J connectivity index is 2.42. The van der Waals surface area contributed by atoms with Crippen LogP contribution in [0.1, 0.15) is 49.2 Å². The third kappa shape index (κ3) is 5.03. The minimum atomic E-state index is -0.784. The Bertz CT molecular complexity index is 492. The van der Waals surface area contributed by atoms with Gasteiger partial charge in [0.25, 0.3) is 5.91 Å². The van der Waals surface area contributed by atoms with Crippen molar-refractivity contribution in [2.24, 2.45) is 12.5 Å². The van der Waals surface area contributed by atoms with Crippen LogP contribution in [0.25, 0.3) is 0 Å². The first kappa shape index (κ1) is 16.2. The van der Waals surface area contributed by atoms with E-state index in [2.05, 4.69) is 10.4 Å². The van der Waals surface area contributed by atoms with Gasteiger partial charge in [0.1, 0.15) is 0 Å². The van der Waals surface area contributed by atoms with Gasteiger partial charge in [0.2, 0.25) is 0 Å². The lowest BCUT2D eigenvalue weighted by Crippen LogP contribution is -2.28. The number of hydrogen-bond acceptors (Lipinski definition) is 3. The van der Waals surface area contributed by atoms with E-state index in [1.165, 1.54) is 0 Å². The molecule has 0 fully saturated rings. The molecule has 1 aromatic heterocycles. The summed E-state index contributed by atoms with van der Waals surface area (Å²) in [6.45, 7) is 6.35. The van der Waals surface area contributed by atoms with Crippen molar-refractivity contribution in [1.29, 1.82) is 0 Å². The highest BCUT2D eigenvalue weighted by molar-refractivity contribution is 5.94. The van der Waals surface area contributed by atoms with E-state index in [-0.39, 0.29) is 17.7 Å². The predicted molar refractivity (Wildman–Crippen MR) is 75.5 cm³/mol. The lowest BCUT2D eigenvalue weighted by Gasteiger charge is -2.23. The standard InChI is InChI=1S/C14H23N3O3/c1-10-11(9-17(4)16-10)13(20)15-8-7-14(2,3)6-5-12(18)19/h9H,5-8H2,1-4H3,(H,15,20)(H,18,19). The second-order valence-corrected chi connectivity index (χ2v) is 5.87. The molecule has 1 rings (SSSR count). The van der Waals surface area contributed by atoms with Crippen molar-refractivity contribution in [2.45, 2.75) is 40.0 Å². The molecule has 0 radical (unpaired) electrons. The summed E-state index contributed by atoms with van der Waals surface area (Å²) in [7, 11) is 1.78. The van der Waals surface area contributed by atoms with Gasteiger partial charge in [0, 0.05) is 26.2 Å². The highest BCUT2D eigenvalue weighted by atomic mass is 16.4. The Morgan fingerprint density at radius 3 is 2.55 bits per heavy atom. The van der Waals surface area contributed by atoms with E-state index in [9.17, 15) is 9.59 Å². The van der Waals surface area contributed by atoms with Gasteiger partial charge in [-0.3, -0.25) is 14.3 Å². The van der Waals surface area contributed by atoms with Crippen molar-refractivity contribution in [3.63, 3.8) is 0 Å². The van der Waals surface area contributed by atoms with Gasteiger partial charge in [-0.15, -0.1) is 0 Å². The summed E-state index contributed by atoms with van der Waals surface area (Å²) in [6, 6.07) is 0. The summed E-state index contributed by atoms with van der Waals surface area (Å²) in [5.74, 6) is -0.919. The van der Waals surface area contributed by atoms with E-state index in [0.717, 1.165) is 6.42 Å². The molecule has 0 aliphatic carbocycles. The Labute approximate surface area is 119 Å². The van der Waals surface area contributed by atoms with Crippen LogP contribution in [-0.2, 0) is 11.8 Å². The first-order valence-electron chi connectivity index (χ1n) is 6.71. The number of aromatic nitrogens is 2. The number of carbonyl (C=O) groups excluding carboxylic acids is 1. The van der Waals surface area contributed by atoms with Crippen LogP contribution in [0.15, 0.2) is 6.20 Å². The molecule has 1 amide bonds. The molecule has 0 unspecified atom stereocenters. The van der Waals surface area contributed by atoms with E-state index in [0.29, 0.717) is 24.2 Å². The van der Waals surface area contributed by atoms with E-state index < -0.39 is 5.97 Å². The molecule has 0 spiro atoms. The third-order valence-electron chi connectivity index (χ3n) is 3.36. The van der Waals surface area contributed by atoms with Crippen molar-refractivity contribution in [3.05, 3.63) is 17.5 Å². The number of carboxylic acids is 1. The second-order valence-electron chi connectivity index (χ2n) is 5.87. The monoisotopic (exact) mass is 281 g/mol. The molecule has 6 heteroatoms. The Kier molecular flexibility index (Phi) is 5.30. The number of carbonyl (C=O) groups is 2. The molecule has 0 saturated carbocycles. The molecular formula is C14H23N3O3. The quantitative estimate of drug-likeness (QED) is 0.797. The summed E-state index contributed by atoms with van der Waals surface area (Å²) in [5.41, 5.74) is 1.18. The zero-order chi connectivity index (χ0) is 15.3. The maximum Gasteiger partial charge on any atom is 0.303 e. The molecule has 0 aromatic carbocycles. The fourth-order valence-electron chi connectivity index (χ4n) is 2.00. The number of rotatable bonds is 7. The van der Waals surface area contributed by atoms with Crippen molar-refractivity contribution in [1.82, 2.24) is 15.1 Å². The molecular weight excluding hydrogens is 258 g/mol. The summed E-state index contributed by atoms with van der Waals surface area (Å²) in [5, 5.41) is 15.7. The van der Waals surface area contributed by atoms with Crippen LogP contribution in [-0.4, -0.2) is 33.3 Å². The topological polar surface area (TPSA) is 84.2 Å². The average Bonchev–Trinajstić information content (AvgIpc) is 2.66. The van der Waals surface area contributed by atoms with Gasteiger partial charge in [0.05, 0.1) is 11.3 Å². The van der Waals surface area contributed by atoms with E-state index >= 15 is 0 Å². The van der Waals surface area contributed by atoms with Crippen LogP contribution in [0, 0.1) is 12.3 Å². The summed E-state index contributed by atoms with van der Waals surface area (Å²) < 4.78 is 1.61. The van der Waals surface area contributed by atoms with Gasteiger partial charge in [0.15, 0.2) is 0 Å². The molecule has 1 heterocycles. The van der Waals surface area contributed by atoms with Crippen molar-refractivity contribution in [3.8, 4) is 0 Å². The molecule has 6 nitrogen and oxygen atoms in total. The fourth-order valence-corrected chi connectivity index (χ4v) is 2.00. The largest absolute Gasteiger partial charge is 0.481 e. The number of nitrogens with zero attached hydrogens (tertiary/aromatic N) is 2. The first-order chi connectivity index (χ1) is 9.21. The van der Waals surface area contributed by atoms with Gasteiger partial charge < -0.3 is 10.4 Å². The van der Waals surface area contributed by atoms with Crippen LogP contribution in [0.2, 0.25) is 0 Å². The molecule has 0 bridgehead atoms. The van der Waals surface area contributed by atoms with E-state index in [1.54, 1.807) is 24.9 Å². The number of amides is 1. The molecule has 0 saturated heterocycles. The van der Waals surface area contributed by atoms with Crippen LogP contribution in [0.3, 0.4) is 0 Å². The van der Waals surface area contributed by atoms with Gasteiger partial charge in [-0.1, -0.05) is 13.8 Å². The van der Waals surface area contributed by atoms with Crippen molar-refractivity contribution in [2.75, 3.05) is 6.54 Å². The molecule has 20 heavy (non-hydrogen) atoms. The number of carboxylic acid groups (broad SMARTS) is 1. The molecule has 0 aliphatic heterocycles. The molecule has 1 aromatic rings. The molecule has 2 N–H and O–H groups in total. The predicted octanol–water partition coefficient (Wildman–Crippen LogP) is 1.74. The third-order valence-corrected chi connectivity index (χ3v) is 3.36. The Morgan fingerprint density at radius 2 is 2.05 bits per heavy atom. The van der Waals surface area contributed by atoms with Crippen LogP contribution in [0.5, 0.6) is 0 Å². The van der Waals surface area contributed by atoms with Gasteiger partial charge in [-0.2, -0.15) is 5.10 Å². The first-order valence-corrected chi connectivity index (χ1v) is 6.71. The summed E-state index contributed by atoms with van der Waals surface area (Å²) >= 11 is 0. The minimum Gasteiger partial charge on any atom is -0.481 e. The SMILES string of the molecule is Cc1nn(C)cc1C(=O)NCCC(C)(C)CCC(=O)O. The van der Waals surface area contributed by atoms with Crippen LogP contribution >= 0.6 is 0 Å². The minimum absolute atomic E-state index is 0.102. The van der Waals surface area contributed by atoms with Gasteiger partial charge in [-0.05, 0) is 25.2 Å². The summed E-state index contributed by atoms with van der Waals surface area (Å²) in [6.07, 6.45) is 3.19. The smallest absolute Gasteiger partial charge is 0.303 e. The lowest BCUT2D eigenvalue weighted by molar-refractivity contribution is -0.137.